The second-order valence-corrected chi connectivity index (χ2v) is 5.57. The molecule has 1 aliphatic heterocycles. The van der Waals surface area contributed by atoms with Crippen LogP contribution in [0.3, 0.4) is 0 Å². The van der Waals surface area contributed by atoms with Crippen molar-refractivity contribution in [2.75, 3.05) is 26.3 Å². The number of hydrogen-bond acceptors (Lipinski definition) is 5. The molecule has 0 radical (unpaired) electrons. The predicted octanol–water partition coefficient (Wildman–Crippen LogP) is 1.83. The Morgan fingerprint density at radius 1 is 1.32 bits per heavy atom. The van der Waals surface area contributed by atoms with Crippen LogP contribution in [-0.2, 0) is 16.1 Å². The van der Waals surface area contributed by atoms with Crippen molar-refractivity contribution in [1.29, 1.82) is 0 Å². The first-order valence-electron chi connectivity index (χ1n) is 7.43. The summed E-state index contributed by atoms with van der Waals surface area (Å²) in [7, 11) is 0. The third-order valence-electron chi connectivity index (χ3n) is 3.74. The number of esters is 1. The molecule has 0 amide bonds. The maximum Gasteiger partial charge on any atom is 0.344 e. The number of halogens is 1. The van der Waals surface area contributed by atoms with Gasteiger partial charge in [0.2, 0.25) is 0 Å². The zero-order chi connectivity index (χ0) is 15.2. The molecule has 1 aromatic carbocycles. The number of benzene rings is 1. The van der Waals surface area contributed by atoms with Gasteiger partial charge in [0, 0.05) is 25.7 Å². The smallest absolute Gasteiger partial charge is 0.344 e. The third kappa shape index (κ3) is 5.48. The average Bonchev–Trinajstić information content (AvgIpc) is 2.77. The summed E-state index contributed by atoms with van der Waals surface area (Å²) in [6, 6.07) is 8.09. The second kappa shape index (κ2) is 8.98. The summed E-state index contributed by atoms with van der Waals surface area (Å²) in [6.07, 6.45) is 0. The molecule has 2 atom stereocenters. The van der Waals surface area contributed by atoms with Crippen LogP contribution in [-0.4, -0.2) is 43.2 Å². The van der Waals surface area contributed by atoms with E-state index in [0.29, 0.717) is 18.3 Å². The highest BCUT2D eigenvalue weighted by Crippen LogP contribution is 2.19. The molecule has 2 N–H and O–H groups in total. The molecule has 6 heteroatoms. The summed E-state index contributed by atoms with van der Waals surface area (Å²) >= 11 is 0. The minimum atomic E-state index is -0.346. The van der Waals surface area contributed by atoms with Gasteiger partial charge in [-0.05, 0) is 30.5 Å². The van der Waals surface area contributed by atoms with Gasteiger partial charge in [-0.3, -0.25) is 4.90 Å². The molecular formula is C16H25ClN2O3. The van der Waals surface area contributed by atoms with Gasteiger partial charge >= 0.3 is 5.97 Å². The number of carbonyl (C=O) groups excluding carboxylic acids is 1. The van der Waals surface area contributed by atoms with Gasteiger partial charge in [-0.2, -0.15) is 0 Å². The Kier molecular flexibility index (Phi) is 7.65. The van der Waals surface area contributed by atoms with Gasteiger partial charge in [-0.1, -0.05) is 19.1 Å². The molecular weight excluding hydrogens is 304 g/mol. The van der Waals surface area contributed by atoms with Crippen LogP contribution in [0.2, 0.25) is 0 Å². The minimum Gasteiger partial charge on any atom is -0.482 e. The molecule has 0 aliphatic carbocycles. The summed E-state index contributed by atoms with van der Waals surface area (Å²) in [6.45, 7) is 7.18. The molecule has 0 spiro atoms. The van der Waals surface area contributed by atoms with Crippen molar-refractivity contribution in [1.82, 2.24) is 4.90 Å². The minimum absolute atomic E-state index is 0. The molecule has 0 saturated carbocycles. The SMILES string of the molecule is CCOC(=O)COc1ccc(CN2CC(C)C(N)C2)cc1.Cl. The van der Waals surface area contributed by atoms with Crippen LogP contribution in [0.15, 0.2) is 24.3 Å². The first kappa shape index (κ1) is 18.7. The van der Waals surface area contributed by atoms with Gasteiger partial charge in [-0.25, -0.2) is 4.79 Å². The Bertz CT molecular complexity index is 457. The lowest BCUT2D eigenvalue weighted by molar-refractivity contribution is -0.145. The molecule has 5 nitrogen and oxygen atoms in total. The maximum absolute atomic E-state index is 11.2. The molecule has 0 bridgehead atoms. The number of ether oxygens (including phenoxy) is 2. The second-order valence-electron chi connectivity index (χ2n) is 5.57. The fourth-order valence-corrected chi connectivity index (χ4v) is 2.52. The Morgan fingerprint density at radius 2 is 2.00 bits per heavy atom. The number of nitrogens with two attached hydrogens (primary N) is 1. The summed E-state index contributed by atoms with van der Waals surface area (Å²) in [5, 5.41) is 0. The van der Waals surface area contributed by atoms with Crippen LogP contribution in [0.4, 0.5) is 0 Å². The fraction of sp³-hybridized carbons (Fsp3) is 0.562. The van der Waals surface area contributed by atoms with E-state index in [-0.39, 0.29) is 31.0 Å². The Balaban J connectivity index is 0.00000242. The first-order chi connectivity index (χ1) is 10.1. The number of hydrogen-bond donors (Lipinski definition) is 1. The van der Waals surface area contributed by atoms with E-state index in [1.807, 2.05) is 24.3 Å². The standard InChI is InChI=1S/C16H24N2O3.ClH/c1-3-20-16(19)11-21-14-6-4-13(5-7-14)9-18-8-12(2)15(17)10-18;/h4-7,12,15H,3,8-11,17H2,1-2H3;1H. The lowest BCUT2D eigenvalue weighted by Crippen LogP contribution is -2.28. The van der Waals surface area contributed by atoms with Crippen molar-refractivity contribution >= 4 is 18.4 Å². The average molecular weight is 329 g/mol. The lowest BCUT2D eigenvalue weighted by Gasteiger charge is -2.15. The molecule has 2 unspecified atom stereocenters. The summed E-state index contributed by atoms with van der Waals surface area (Å²) in [5.41, 5.74) is 7.26. The maximum atomic E-state index is 11.2. The van der Waals surface area contributed by atoms with Crippen LogP contribution in [0.1, 0.15) is 19.4 Å². The number of nitrogens with zero attached hydrogens (tertiary/aromatic N) is 1. The Morgan fingerprint density at radius 3 is 2.55 bits per heavy atom. The van der Waals surface area contributed by atoms with E-state index in [0.717, 1.165) is 19.6 Å². The van der Waals surface area contributed by atoms with Gasteiger partial charge in [0.15, 0.2) is 6.61 Å². The van der Waals surface area contributed by atoms with Crippen LogP contribution >= 0.6 is 12.4 Å². The fourth-order valence-electron chi connectivity index (χ4n) is 2.52. The molecule has 2 rings (SSSR count). The number of rotatable bonds is 6. The van der Waals surface area contributed by atoms with Gasteiger partial charge < -0.3 is 15.2 Å². The summed E-state index contributed by atoms with van der Waals surface area (Å²) in [4.78, 5) is 13.6. The lowest BCUT2D eigenvalue weighted by atomic mass is 10.1. The van der Waals surface area contributed by atoms with E-state index in [1.165, 1.54) is 5.56 Å². The molecule has 1 aliphatic rings. The quantitative estimate of drug-likeness (QED) is 0.807. The van der Waals surface area contributed by atoms with Crippen molar-refractivity contribution in [3.05, 3.63) is 29.8 Å². The van der Waals surface area contributed by atoms with Crippen LogP contribution in [0.25, 0.3) is 0 Å². The van der Waals surface area contributed by atoms with E-state index in [2.05, 4.69) is 11.8 Å². The number of carbonyl (C=O) groups is 1. The van der Waals surface area contributed by atoms with Gasteiger partial charge in [-0.15, -0.1) is 12.4 Å². The van der Waals surface area contributed by atoms with Crippen LogP contribution in [0.5, 0.6) is 5.75 Å². The zero-order valence-corrected chi connectivity index (χ0v) is 14.0. The molecule has 1 fully saturated rings. The molecule has 1 heterocycles. The topological polar surface area (TPSA) is 64.8 Å². The molecule has 0 aromatic heterocycles. The van der Waals surface area contributed by atoms with Crippen molar-refractivity contribution in [3.8, 4) is 5.75 Å². The van der Waals surface area contributed by atoms with E-state index in [4.69, 9.17) is 15.2 Å². The normalized spacial score (nSPS) is 21.2. The highest BCUT2D eigenvalue weighted by Gasteiger charge is 2.26. The predicted molar refractivity (Wildman–Crippen MR) is 88.2 cm³/mol. The molecule has 22 heavy (non-hydrogen) atoms. The van der Waals surface area contributed by atoms with E-state index in [9.17, 15) is 4.79 Å². The first-order valence-corrected chi connectivity index (χ1v) is 7.43. The highest BCUT2D eigenvalue weighted by atomic mass is 35.5. The van der Waals surface area contributed by atoms with Gasteiger partial charge in [0.1, 0.15) is 5.75 Å². The monoisotopic (exact) mass is 328 g/mol. The van der Waals surface area contributed by atoms with Crippen molar-refractivity contribution in [2.24, 2.45) is 11.7 Å². The Hall–Kier alpha value is -1.30. The largest absolute Gasteiger partial charge is 0.482 e. The summed E-state index contributed by atoms with van der Waals surface area (Å²) < 4.78 is 10.2. The van der Waals surface area contributed by atoms with Crippen molar-refractivity contribution in [3.63, 3.8) is 0 Å². The van der Waals surface area contributed by atoms with Crippen LogP contribution < -0.4 is 10.5 Å². The zero-order valence-electron chi connectivity index (χ0n) is 13.2. The van der Waals surface area contributed by atoms with E-state index < -0.39 is 0 Å². The van der Waals surface area contributed by atoms with E-state index >= 15 is 0 Å². The molecule has 124 valence electrons. The molecule has 1 saturated heterocycles. The van der Waals surface area contributed by atoms with Crippen molar-refractivity contribution in [2.45, 2.75) is 26.4 Å². The third-order valence-corrected chi connectivity index (χ3v) is 3.74. The van der Waals surface area contributed by atoms with Gasteiger partial charge in [0.25, 0.3) is 0 Å². The summed E-state index contributed by atoms with van der Waals surface area (Å²) in [5.74, 6) is 0.886. The number of likely N-dealkylation sites (tertiary alicyclic amines) is 1. The Labute approximate surface area is 138 Å². The van der Waals surface area contributed by atoms with E-state index in [1.54, 1.807) is 6.92 Å². The molecule has 1 aromatic rings. The van der Waals surface area contributed by atoms with Gasteiger partial charge in [0.05, 0.1) is 6.61 Å². The van der Waals surface area contributed by atoms with Crippen LogP contribution in [0, 0.1) is 5.92 Å². The highest BCUT2D eigenvalue weighted by molar-refractivity contribution is 5.85. The van der Waals surface area contributed by atoms with Crippen molar-refractivity contribution < 1.29 is 14.3 Å².